The van der Waals surface area contributed by atoms with Crippen LogP contribution in [-0.4, -0.2) is 55.7 Å². The summed E-state index contributed by atoms with van der Waals surface area (Å²) in [5, 5.41) is 0. The van der Waals surface area contributed by atoms with E-state index in [4.69, 9.17) is 0 Å². The number of amides is 1. The van der Waals surface area contributed by atoms with E-state index >= 15 is 0 Å². The standard InChI is InChI=1S/C15H30N2O2/c1-12(8-9-13(18)15(2,3)4)14(19)17(7)11-10-16(5)6/h12H,8-11H2,1-7H3/t12-/m1/s1. The summed E-state index contributed by atoms with van der Waals surface area (Å²) in [4.78, 5) is 27.8. The first kappa shape index (κ1) is 18.1. The maximum Gasteiger partial charge on any atom is 0.225 e. The minimum atomic E-state index is -0.306. The third-order valence-corrected chi connectivity index (χ3v) is 3.32. The molecule has 1 atom stereocenters. The van der Waals surface area contributed by atoms with Crippen molar-refractivity contribution in [1.29, 1.82) is 0 Å². The minimum absolute atomic E-state index is 0.0848. The van der Waals surface area contributed by atoms with Crippen LogP contribution in [0.2, 0.25) is 0 Å². The van der Waals surface area contributed by atoms with Crippen LogP contribution in [0, 0.1) is 11.3 Å². The molecule has 0 radical (unpaired) electrons. The van der Waals surface area contributed by atoms with E-state index in [2.05, 4.69) is 4.90 Å². The van der Waals surface area contributed by atoms with Crippen molar-refractivity contribution in [2.75, 3.05) is 34.2 Å². The summed E-state index contributed by atoms with van der Waals surface area (Å²) >= 11 is 0. The van der Waals surface area contributed by atoms with E-state index < -0.39 is 0 Å². The second-order valence-electron chi connectivity index (χ2n) is 6.68. The fourth-order valence-corrected chi connectivity index (χ4v) is 1.68. The molecule has 0 saturated heterocycles. The van der Waals surface area contributed by atoms with E-state index in [9.17, 15) is 9.59 Å². The topological polar surface area (TPSA) is 40.6 Å². The Balaban J connectivity index is 4.17. The van der Waals surface area contributed by atoms with Crippen molar-refractivity contribution in [3.63, 3.8) is 0 Å². The highest BCUT2D eigenvalue weighted by atomic mass is 16.2. The van der Waals surface area contributed by atoms with Gasteiger partial charge in [0.2, 0.25) is 5.91 Å². The molecule has 112 valence electrons. The minimum Gasteiger partial charge on any atom is -0.344 e. The smallest absolute Gasteiger partial charge is 0.225 e. The monoisotopic (exact) mass is 270 g/mol. The molecular formula is C15H30N2O2. The number of carbonyl (C=O) groups is 2. The molecule has 0 N–H and O–H groups in total. The second kappa shape index (κ2) is 7.63. The van der Waals surface area contributed by atoms with Crippen molar-refractivity contribution in [2.24, 2.45) is 11.3 Å². The zero-order chi connectivity index (χ0) is 15.2. The Morgan fingerprint density at radius 3 is 2.00 bits per heavy atom. The molecule has 0 aromatic rings. The Morgan fingerprint density at radius 1 is 1.05 bits per heavy atom. The highest BCUT2D eigenvalue weighted by Crippen LogP contribution is 2.20. The van der Waals surface area contributed by atoms with E-state index in [0.717, 1.165) is 13.1 Å². The van der Waals surface area contributed by atoms with Gasteiger partial charge in [-0.2, -0.15) is 0 Å². The first-order valence-corrected chi connectivity index (χ1v) is 6.98. The van der Waals surface area contributed by atoms with E-state index in [1.54, 1.807) is 4.90 Å². The Kier molecular flexibility index (Phi) is 7.27. The van der Waals surface area contributed by atoms with Gasteiger partial charge < -0.3 is 9.80 Å². The van der Waals surface area contributed by atoms with Crippen LogP contribution in [0.15, 0.2) is 0 Å². The molecule has 0 rings (SSSR count). The molecule has 0 aromatic heterocycles. The van der Waals surface area contributed by atoms with Crippen molar-refractivity contribution >= 4 is 11.7 Å². The molecule has 0 unspecified atom stereocenters. The zero-order valence-corrected chi connectivity index (χ0v) is 13.6. The van der Waals surface area contributed by atoms with Gasteiger partial charge >= 0.3 is 0 Å². The molecule has 0 aliphatic rings. The number of hydrogen-bond acceptors (Lipinski definition) is 3. The molecule has 0 bridgehead atoms. The van der Waals surface area contributed by atoms with E-state index in [-0.39, 0.29) is 23.0 Å². The number of ketones is 1. The van der Waals surface area contributed by atoms with Gasteiger partial charge in [-0.3, -0.25) is 9.59 Å². The lowest BCUT2D eigenvalue weighted by Gasteiger charge is -2.24. The fraction of sp³-hybridized carbons (Fsp3) is 0.867. The Labute approximate surface area is 118 Å². The number of likely N-dealkylation sites (N-methyl/N-ethyl adjacent to an activating group) is 2. The molecule has 0 aliphatic carbocycles. The van der Waals surface area contributed by atoms with Crippen LogP contribution in [0.3, 0.4) is 0 Å². The van der Waals surface area contributed by atoms with Crippen molar-refractivity contribution in [3.05, 3.63) is 0 Å². The van der Waals surface area contributed by atoms with Crippen LogP contribution in [0.25, 0.3) is 0 Å². The van der Waals surface area contributed by atoms with Crippen molar-refractivity contribution in [3.8, 4) is 0 Å². The number of carbonyl (C=O) groups excluding carboxylic acids is 2. The lowest BCUT2D eigenvalue weighted by Crippen LogP contribution is -2.37. The molecule has 4 nitrogen and oxygen atoms in total. The van der Waals surface area contributed by atoms with Crippen LogP contribution in [-0.2, 0) is 9.59 Å². The molecule has 0 saturated carbocycles. The number of nitrogens with zero attached hydrogens (tertiary/aromatic N) is 2. The lowest BCUT2D eigenvalue weighted by molar-refractivity contribution is -0.134. The Morgan fingerprint density at radius 2 is 1.58 bits per heavy atom. The van der Waals surface area contributed by atoms with Crippen molar-refractivity contribution < 1.29 is 9.59 Å². The summed E-state index contributed by atoms with van der Waals surface area (Å²) in [5.41, 5.74) is -0.306. The maximum absolute atomic E-state index is 12.1. The zero-order valence-electron chi connectivity index (χ0n) is 13.6. The summed E-state index contributed by atoms with van der Waals surface area (Å²) in [5.74, 6) is 0.269. The van der Waals surface area contributed by atoms with Crippen LogP contribution in [0.1, 0.15) is 40.5 Å². The molecule has 4 heteroatoms. The van der Waals surface area contributed by atoms with Gasteiger partial charge in [0.1, 0.15) is 5.78 Å². The Bertz CT molecular complexity index is 306. The largest absolute Gasteiger partial charge is 0.344 e. The lowest BCUT2D eigenvalue weighted by atomic mass is 9.86. The van der Waals surface area contributed by atoms with Crippen LogP contribution in [0.5, 0.6) is 0 Å². The van der Waals surface area contributed by atoms with Crippen molar-refractivity contribution in [1.82, 2.24) is 9.80 Å². The van der Waals surface area contributed by atoms with Gasteiger partial charge in [0.25, 0.3) is 0 Å². The third-order valence-electron chi connectivity index (χ3n) is 3.32. The molecule has 0 heterocycles. The van der Waals surface area contributed by atoms with Crippen molar-refractivity contribution in [2.45, 2.75) is 40.5 Å². The summed E-state index contributed by atoms with van der Waals surface area (Å²) < 4.78 is 0. The van der Waals surface area contributed by atoms with Gasteiger partial charge in [0.05, 0.1) is 0 Å². The molecule has 1 amide bonds. The molecule has 0 fully saturated rings. The van der Waals surface area contributed by atoms with E-state index in [1.807, 2.05) is 48.8 Å². The van der Waals surface area contributed by atoms with Gasteiger partial charge in [-0.05, 0) is 20.5 Å². The summed E-state index contributed by atoms with van der Waals surface area (Å²) in [6.45, 7) is 9.25. The van der Waals surface area contributed by atoms with Gasteiger partial charge in [-0.1, -0.05) is 27.7 Å². The van der Waals surface area contributed by atoms with Crippen LogP contribution < -0.4 is 0 Å². The van der Waals surface area contributed by atoms with Gasteiger partial charge in [0.15, 0.2) is 0 Å². The quantitative estimate of drug-likeness (QED) is 0.711. The number of rotatable bonds is 7. The predicted molar refractivity (Wildman–Crippen MR) is 79.1 cm³/mol. The van der Waals surface area contributed by atoms with Gasteiger partial charge in [-0.15, -0.1) is 0 Å². The molecular weight excluding hydrogens is 240 g/mol. The number of hydrogen-bond donors (Lipinski definition) is 0. The average Bonchev–Trinajstić information content (AvgIpc) is 2.30. The highest BCUT2D eigenvalue weighted by molar-refractivity contribution is 5.84. The second-order valence-corrected chi connectivity index (χ2v) is 6.68. The first-order chi connectivity index (χ1) is 8.55. The summed E-state index contributed by atoms with van der Waals surface area (Å²) in [7, 11) is 5.81. The van der Waals surface area contributed by atoms with Crippen LogP contribution >= 0.6 is 0 Å². The highest BCUT2D eigenvalue weighted by Gasteiger charge is 2.24. The van der Waals surface area contributed by atoms with Gasteiger partial charge in [0, 0.05) is 37.9 Å². The molecule has 0 spiro atoms. The fourth-order valence-electron chi connectivity index (χ4n) is 1.68. The average molecular weight is 270 g/mol. The van der Waals surface area contributed by atoms with E-state index in [1.165, 1.54) is 0 Å². The molecule has 19 heavy (non-hydrogen) atoms. The maximum atomic E-state index is 12.1. The SMILES string of the molecule is C[C@H](CCC(=O)C(C)(C)C)C(=O)N(C)CCN(C)C. The summed E-state index contributed by atoms with van der Waals surface area (Å²) in [6.07, 6.45) is 1.12. The normalized spacial score (nSPS) is 13.5. The first-order valence-electron chi connectivity index (χ1n) is 6.98. The number of Topliss-reactive ketones (excluding diaryl/α,β-unsaturated/α-hetero) is 1. The van der Waals surface area contributed by atoms with E-state index in [0.29, 0.717) is 12.8 Å². The Hall–Kier alpha value is -0.900. The summed E-state index contributed by atoms with van der Waals surface area (Å²) in [6, 6.07) is 0. The molecule has 0 aromatic carbocycles. The molecule has 0 aliphatic heterocycles. The predicted octanol–water partition coefficient (Wildman–Crippen LogP) is 2.04. The van der Waals surface area contributed by atoms with Crippen LogP contribution in [0.4, 0.5) is 0 Å². The third kappa shape index (κ3) is 7.31. The van der Waals surface area contributed by atoms with Gasteiger partial charge in [-0.25, -0.2) is 0 Å².